The van der Waals surface area contributed by atoms with E-state index in [0.29, 0.717) is 6.61 Å². The van der Waals surface area contributed by atoms with Gasteiger partial charge in [0.05, 0.1) is 19.8 Å². The van der Waals surface area contributed by atoms with E-state index in [2.05, 4.69) is 0 Å². The first-order valence-electron chi connectivity index (χ1n) is 7.63. The van der Waals surface area contributed by atoms with Crippen molar-refractivity contribution in [2.45, 2.75) is 51.7 Å². The second kappa shape index (κ2) is 7.65. The molecule has 0 aliphatic heterocycles. The van der Waals surface area contributed by atoms with Crippen molar-refractivity contribution in [1.29, 1.82) is 0 Å². The molecule has 2 rings (SSSR count). The van der Waals surface area contributed by atoms with Crippen LogP contribution in [0.25, 0.3) is 0 Å². The molecule has 1 fully saturated rings. The number of hydrogen-bond donors (Lipinski definition) is 1. The van der Waals surface area contributed by atoms with Gasteiger partial charge in [-0.1, -0.05) is 25.3 Å². The summed E-state index contributed by atoms with van der Waals surface area (Å²) in [6, 6.07) is 5.78. The van der Waals surface area contributed by atoms with E-state index in [1.165, 1.54) is 32.1 Å². The summed E-state index contributed by atoms with van der Waals surface area (Å²) in [7, 11) is 1.67. The average Bonchev–Trinajstić information content (AvgIpc) is 2.48. The van der Waals surface area contributed by atoms with Gasteiger partial charge in [0.25, 0.3) is 0 Å². The van der Waals surface area contributed by atoms with E-state index in [1.54, 1.807) is 14.0 Å². The van der Waals surface area contributed by atoms with Crippen molar-refractivity contribution in [3.63, 3.8) is 0 Å². The quantitative estimate of drug-likeness (QED) is 0.859. The van der Waals surface area contributed by atoms with Crippen molar-refractivity contribution in [2.24, 2.45) is 5.92 Å². The van der Waals surface area contributed by atoms with Crippen molar-refractivity contribution in [1.82, 2.24) is 0 Å². The van der Waals surface area contributed by atoms with E-state index in [-0.39, 0.29) is 0 Å². The minimum absolute atomic E-state index is 0.460. The molecule has 3 heteroatoms. The molecule has 1 aliphatic carbocycles. The molecule has 0 radical (unpaired) electrons. The van der Waals surface area contributed by atoms with Gasteiger partial charge < -0.3 is 14.6 Å². The summed E-state index contributed by atoms with van der Waals surface area (Å²) in [4.78, 5) is 0. The summed E-state index contributed by atoms with van der Waals surface area (Å²) in [5, 5.41) is 9.66. The van der Waals surface area contributed by atoms with Crippen LogP contribution in [0.4, 0.5) is 0 Å². The van der Waals surface area contributed by atoms with E-state index in [0.717, 1.165) is 29.4 Å². The lowest BCUT2D eigenvalue weighted by Crippen LogP contribution is -2.13. The monoisotopic (exact) mass is 278 g/mol. The molecule has 1 aromatic rings. The lowest BCUT2D eigenvalue weighted by Gasteiger charge is -2.21. The highest BCUT2D eigenvalue weighted by Crippen LogP contribution is 2.26. The van der Waals surface area contributed by atoms with Gasteiger partial charge in [0, 0.05) is 12.2 Å². The number of benzene rings is 1. The van der Waals surface area contributed by atoms with Crippen molar-refractivity contribution < 1.29 is 14.6 Å². The van der Waals surface area contributed by atoms with Crippen LogP contribution in [0.3, 0.4) is 0 Å². The van der Waals surface area contributed by atoms with Crippen LogP contribution in [-0.4, -0.2) is 18.8 Å². The molecule has 0 aromatic heterocycles. The molecule has 0 spiro atoms. The summed E-state index contributed by atoms with van der Waals surface area (Å²) in [5.41, 5.74) is 1.92. The van der Waals surface area contributed by atoms with E-state index in [1.807, 2.05) is 18.2 Å². The summed E-state index contributed by atoms with van der Waals surface area (Å²) < 4.78 is 11.2. The molecule has 0 bridgehead atoms. The summed E-state index contributed by atoms with van der Waals surface area (Å²) in [6.45, 7) is 3.16. The topological polar surface area (TPSA) is 38.7 Å². The van der Waals surface area contributed by atoms with E-state index in [4.69, 9.17) is 9.47 Å². The number of aliphatic hydroxyl groups is 1. The Morgan fingerprint density at radius 2 is 2.00 bits per heavy atom. The molecule has 1 saturated carbocycles. The minimum atomic E-state index is -0.460. The Morgan fingerprint density at radius 1 is 1.25 bits per heavy atom. The largest absolute Gasteiger partial charge is 0.496 e. The van der Waals surface area contributed by atoms with Crippen LogP contribution in [0.15, 0.2) is 18.2 Å². The summed E-state index contributed by atoms with van der Waals surface area (Å²) in [5.74, 6) is 1.55. The third kappa shape index (κ3) is 4.22. The van der Waals surface area contributed by atoms with Gasteiger partial charge in [-0.15, -0.1) is 0 Å². The minimum Gasteiger partial charge on any atom is -0.496 e. The van der Waals surface area contributed by atoms with E-state index < -0.39 is 6.10 Å². The van der Waals surface area contributed by atoms with E-state index in [9.17, 15) is 5.11 Å². The second-order valence-corrected chi connectivity index (χ2v) is 5.77. The highest BCUT2D eigenvalue weighted by Gasteiger charge is 2.14. The van der Waals surface area contributed by atoms with Gasteiger partial charge in [-0.2, -0.15) is 0 Å². The molecule has 3 nitrogen and oxygen atoms in total. The fourth-order valence-electron chi connectivity index (χ4n) is 2.86. The SMILES string of the molecule is COc1ccc(C(C)O)cc1COCC1CCCCC1. The van der Waals surface area contributed by atoms with E-state index >= 15 is 0 Å². The lowest BCUT2D eigenvalue weighted by molar-refractivity contribution is 0.0726. The second-order valence-electron chi connectivity index (χ2n) is 5.77. The predicted octanol–water partition coefficient (Wildman–Crippen LogP) is 3.85. The average molecular weight is 278 g/mol. The zero-order valence-corrected chi connectivity index (χ0v) is 12.6. The van der Waals surface area contributed by atoms with Crippen LogP contribution in [-0.2, 0) is 11.3 Å². The van der Waals surface area contributed by atoms with Crippen molar-refractivity contribution >= 4 is 0 Å². The smallest absolute Gasteiger partial charge is 0.124 e. The molecule has 1 aromatic carbocycles. The van der Waals surface area contributed by atoms with Crippen LogP contribution in [0, 0.1) is 5.92 Å². The van der Waals surface area contributed by atoms with Gasteiger partial charge in [0.2, 0.25) is 0 Å². The normalized spacial score (nSPS) is 17.9. The Kier molecular flexibility index (Phi) is 5.86. The number of methoxy groups -OCH3 is 1. The molecule has 20 heavy (non-hydrogen) atoms. The summed E-state index contributed by atoms with van der Waals surface area (Å²) in [6.07, 6.45) is 6.19. The maximum Gasteiger partial charge on any atom is 0.124 e. The lowest BCUT2D eigenvalue weighted by atomic mass is 9.90. The van der Waals surface area contributed by atoms with Gasteiger partial charge in [-0.05, 0) is 43.4 Å². The Hall–Kier alpha value is -1.06. The number of hydrogen-bond acceptors (Lipinski definition) is 3. The maximum absolute atomic E-state index is 9.66. The highest BCUT2D eigenvalue weighted by atomic mass is 16.5. The van der Waals surface area contributed by atoms with Gasteiger partial charge in [0.15, 0.2) is 0 Å². The molecule has 112 valence electrons. The molecule has 0 amide bonds. The fraction of sp³-hybridized carbons (Fsp3) is 0.647. The highest BCUT2D eigenvalue weighted by molar-refractivity contribution is 5.37. The first kappa shape index (κ1) is 15.3. The van der Waals surface area contributed by atoms with Crippen LogP contribution in [0.2, 0.25) is 0 Å². The van der Waals surface area contributed by atoms with Gasteiger partial charge in [-0.3, -0.25) is 0 Å². The first-order chi connectivity index (χ1) is 9.70. The molecular formula is C17H26O3. The standard InChI is InChI=1S/C17H26O3/c1-13(18)15-8-9-17(19-2)16(10-15)12-20-11-14-6-4-3-5-7-14/h8-10,13-14,18H,3-7,11-12H2,1-2H3. The van der Waals surface area contributed by atoms with Crippen LogP contribution in [0.1, 0.15) is 56.3 Å². The molecule has 1 unspecified atom stereocenters. The zero-order chi connectivity index (χ0) is 14.4. The number of rotatable bonds is 6. The van der Waals surface area contributed by atoms with Crippen molar-refractivity contribution in [3.05, 3.63) is 29.3 Å². The zero-order valence-electron chi connectivity index (χ0n) is 12.6. The van der Waals surface area contributed by atoms with Crippen molar-refractivity contribution in [2.75, 3.05) is 13.7 Å². The van der Waals surface area contributed by atoms with Gasteiger partial charge in [0.1, 0.15) is 5.75 Å². The van der Waals surface area contributed by atoms with Crippen LogP contribution < -0.4 is 4.74 Å². The van der Waals surface area contributed by atoms with Gasteiger partial charge in [-0.25, -0.2) is 0 Å². The number of aliphatic hydroxyl groups excluding tert-OH is 1. The Balaban J connectivity index is 1.91. The van der Waals surface area contributed by atoms with Crippen LogP contribution >= 0.6 is 0 Å². The molecule has 1 N–H and O–H groups in total. The predicted molar refractivity (Wildman–Crippen MR) is 79.9 cm³/mol. The summed E-state index contributed by atoms with van der Waals surface area (Å²) >= 11 is 0. The van der Waals surface area contributed by atoms with Crippen LogP contribution in [0.5, 0.6) is 5.75 Å². The van der Waals surface area contributed by atoms with Gasteiger partial charge >= 0.3 is 0 Å². The Labute approximate surface area is 121 Å². The maximum atomic E-state index is 9.66. The first-order valence-corrected chi connectivity index (χ1v) is 7.63. The molecule has 1 atom stereocenters. The third-order valence-corrected chi connectivity index (χ3v) is 4.12. The fourth-order valence-corrected chi connectivity index (χ4v) is 2.86. The molecule has 0 heterocycles. The third-order valence-electron chi connectivity index (χ3n) is 4.12. The molecule has 0 saturated heterocycles. The molecule has 1 aliphatic rings. The molecular weight excluding hydrogens is 252 g/mol. The van der Waals surface area contributed by atoms with Crippen molar-refractivity contribution in [3.8, 4) is 5.75 Å². The Bertz CT molecular complexity index is 409. The number of ether oxygens (including phenoxy) is 2. The Morgan fingerprint density at radius 3 is 2.65 bits per heavy atom.